The molecule has 2 N–H and O–H groups in total. The zero-order valence-corrected chi connectivity index (χ0v) is 21.6. The first-order valence-corrected chi connectivity index (χ1v) is 13.1. The molecule has 1 spiro atoms. The van der Waals surface area contributed by atoms with Gasteiger partial charge in [-0.1, -0.05) is 36.4 Å². The van der Waals surface area contributed by atoms with E-state index in [9.17, 15) is 18.0 Å². The van der Waals surface area contributed by atoms with Crippen molar-refractivity contribution in [2.45, 2.75) is 62.6 Å². The van der Waals surface area contributed by atoms with E-state index in [4.69, 9.17) is 14.6 Å². The number of halogens is 3. The lowest BCUT2D eigenvalue weighted by Gasteiger charge is -2.40. The lowest BCUT2D eigenvalue weighted by molar-refractivity contribution is -0.192. The number of amides is 1. The molecule has 1 amide bonds. The number of hydrogen-bond donors (Lipinski definition) is 2. The normalized spacial score (nSPS) is 20.3. The Morgan fingerprint density at radius 1 is 1.08 bits per heavy atom. The Hall–Kier alpha value is -3.07. The number of likely N-dealkylation sites (tertiary alicyclic amines) is 1. The predicted molar refractivity (Wildman–Crippen MR) is 137 cm³/mol. The molecule has 2 fully saturated rings. The molecular formula is C29H35F3N2O4. The van der Waals surface area contributed by atoms with Gasteiger partial charge in [0, 0.05) is 19.5 Å². The average molecular weight is 533 g/mol. The fourth-order valence-corrected chi connectivity index (χ4v) is 5.69. The highest BCUT2D eigenvalue weighted by atomic mass is 19.4. The topological polar surface area (TPSA) is 78.9 Å². The van der Waals surface area contributed by atoms with Crippen LogP contribution in [-0.4, -0.2) is 54.8 Å². The molecule has 1 heterocycles. The number of hydrogen-bond acceptors (Lipinski definition) is 4. The Bertz CT molecular complexity index is 1110. The van der Waals surface area contributed by atoms with E-state index in [1.54, 1.807) is 7.11 Å². The molecule has 1 saturated heterocycles. The third-order valence-electron chi connectivity index (χ3n) is 7.95. The van der Waals surface area contributed by atoms with Gasteiger partial charge in [0.1, 0.15) is 5.75 Å². The lowest BCUT2D eigenvalue weighted by Crippen LogP contribution is -2.41. The monoisotopic (exact) mass is 532 g/mol. The summed E-state index contributed by atoms with van der Waals surface area (Å²) in [5.41, 5.74) is 4.52. The highest BCUT2D eigenvalue weighted by Gasteiger charge is 2.45. The van der Waals surface area contributed by atoms with Gasteiger partial charge in [0.15, 0.2) is 0 Å². The van der Waals surface area contributed by atoms with E-state index in [2.05, 4.69) is 46.6 Å². The number of carbonyl (C=O) groups excluding carboxylic acids is 1. The molecule has 2 aromatic rings. The van der Waals surface area contributed by atoms with Crippen molar-refractivity contribution in [1.82, 2.24) is 10.2 Å². The predicted octanol–water partition coefficient (Wildman–Crippen LogP) is 5.27. The summed E-state index contributed by atoms with van der Waals surface area (Å²) >= 11 is 0. The smallest absolute Gasteiger partial charge is 0.490 e. The van der Waals surface area contributed by atoms with Crippen LogP contribution in [0.5, 0.6) is 5.75 Å². The van der Waals surface area contributed by atoms with Crippen molar-refractivity contribution in [3.8, 4) is 5.75 Å². The van der Waals surface area contributed by atoms with E-state index in [1.807, 2.05) is 12.1 Å². The number of fused-ring (bicyclic) bond motifs is 2. The van der Waals surface area contributed by atoms with Gasteiger partial charge in [0.25, 0.3) is 0 Å². The molecule has 0 aromatic heterocycles. The second kappa shape index (κ2) is 11.8. The number of methoxy groups -OCH3 is 1. The number of carboxylic acids is 1. The first kappa shape index (κ1) is 28.0. The number of nitrogens with zero attached hydrogens (tertiary/aromatic N) is 1. The first-order chi connectivity index (χ1) is 18.1. The van der Waals surface area contributed by atoms with Gasteiger partial charge in [-0.3, -0.25) is 9.69 Å². The van der Waals surface area contributed by atoms with Crippen LogP contribution in [0.3, 0.4) is 0 Å². The second-order valence-corrected chi connectivity index (χ2v) is 10.6. The Morgan fingerprint density at radius 2 is 1.71 bits per heavy atom. The zero-order valence-electron chi connectivity index (χ0n) is 21.6. The molecule has 1 aliphatic heterocycles. The second-order valence-electron chi connectivity index (χ2n) is 10.6. The van der Waals surface area contributed by atoms with Gasteiger partial charge >= 0.3 is 12.1 Å². The number of benzene rings is 2. The molecule has 0 radical (unpaired) electrons. The minimum atomic E-state index is -5.08. The van der Waals surface area contributed by atoms with E-state index >= 15 is 0 Å². The molecule has 9 heteroatoms. The Labute approximate surface area is 221 Å². The minimum Gasteiger partial charge on any atom is -0.497 e. The molecule has 2 aliphatic carbocycles. The van der Waals surface area contributed by atoms with Crippen LogP contribution >= 0.6 is 0 Å². The van der Waals surface area contributed by atoms with Gasteiger partial charge in [-0.25, -0.2) is 4.79 Å². The third kappa shape index (κ3) is 7.07. The highest BCUT2D eigenvalue weighted by molar-refractivity contribution is 5.77. The highest BCUT2D eigenvalue weighted by Crippen LogP contribution is 2.52. The van der Waals surface area contributed by atoms with Crippen LogP contribution < -0.4 is 10.1 Å². The maximum Gasteiger partial charge on any atom is 0.490 e. The fraction of sp³-hybridized carbons (Fsp3) is 0.517. The van der Waals surface area contributed by atoms with Gasteiger partial charge in [0.05, 0.1) is 7.11 Å². The number of piperidine rings is 1. The summed E-state index contributed by atoms with van der Waals surface area (Å²) in [6, 6.07) is 17.4. The zero-order chi connectivity index (χ0) is 27.3. The molecule has 1 unspecified atom stereocenters. The van der Waals surface area contributed by atoms with Crippen molar-refractivity contribution < 1.29 is 32.6 Å². The van der Waals surface area contributed by atoms with E-state index in [-0.39, 0.29) is 11.3 Å². The Kier molecular flexibility index (Phi) is 8.65. The van der Waals surface area contributed by atoms with Crippen LogP contribution in [-0.2, 0) is 21.5 Å². The van der Waals surface area contributed by atoms with E-state index in [0.29, 0.717) is 12.3 Å². The van der Waals surface area contributed by atoms with Crippen molar-refractivity contribution >= 4 is 11.9 Å². The summed E-state index contributed by atoms with van der Waals surface area (Å²) in [7, 11) is 1.71. The first-order valence-electron chi connectivity index (χ1n) is 13.1. The van der Waals surface area contributed by atoms with Crippen molar-refractivity contribution in [2.24, 2.45) is 5.92 Å². The summed E-state index contributed by atoms with van der Waals surface area (Å²) < 4.78 is 37.0. The molecule has 0 bridgehead atoms. The van der Waals surface area contributed by atoms with Crippen molar-refractivity contribution in [3.05, 3.63) is 65.2 Å². The largest absolute Gasteiger partial charge is 0.497 e. The number of ether oxygens (including phenoxy) is 1. The van der Waals surface area contributed by atoms with Gasteiger partial charge in [-0.05, 0) is 91.3 Å². The molecule has 3 aliphatic rings. The number of nitrogens with one attached hydrogen (secondary N) is 1. The van der Waals surface area contributed by atoms with Crippen molar-refractivity contribution in [3.63, 3.8) is 0 Å². The third-order valence-corrected chi connectivity index (χ3v) is 7.95. The number of aliphatic carboxylic acids is 1. The maximum absolute atomic E-state index is 12.6. The molecule has 38 heavy (non-hydrogen) atoms. The lowest BCUT2D eigenvalue weighted by atomic mass is 9.73. The van der Waals surface area contributed by atoms with Gasteiger partial charge in [-0.15, -0.1) is 0 Å². The van der Waals surface area contributed by atoms with E-state index in [1.165, 1.54) is 42.4 Å². The van der Waals surface area contributed by atoms with E-state index < -0.39 is 12.1 Å². The minimum absolute atomic E-state index is 0.237. The molecule has 1 saturated carbocycles. The van der Waals surface area contributed by atoms with Crippen LogP contribution in [0.4, 0.5) is 13.2 Å². The Morgan fingerprint density at radius 3 is 2.29 bits per heavy atom. The maximum atomic E-state index is 12.6. The number of carbonyl (C=O) groups is 2. The summed E-state index contributed by atoms with van der Waals surface area (Å²) in [5, 5.41) is 10.3. The van der Waals surface area contributed by atoms with Crippen LogP contribution in [0.25, 0.3) is 0 Å². The van der Waals surface area contributed by atoms with Crippen molar-refractivity contribution in [1.29, 1.82) is 0 Å². The molecule has 1 atom stereocenters. The van der Waals surface area contributed by atoms with Crippen LogP contribution in [0.2, 0.25) is 0 Å². The Balaban J connectivity index is 0.000000426. The average Bonchev–Trinajstić information content (AvgIpc) is 3.69. The quantitative estimate of drug-likeness (QED) is 0.508. The SMILES string of the molecule is COc1ccc(CN2CCC3(CC2)CC(CC(=O)NCC2CC2)c2ccccc23)cc1.O=C(O)C(F)(F)F. The summed E-state index contributed by atoms with van der Waals surface area (Å²) in [6.45, 7) is 4.09. The van der Waals surface area contributed by atoms with Crippen molar-refractivity contribution in [2.75, 3.05) is 26.7 Å². The van der Waals surface area contributed by atoms with Crippen LogP contribution in [0, 0.1) is 5.92 Å². The molecule has 6 nitrogen and oxygen atoms in total. The summed E-state index contributed by atoms with van der Waals surface area (Å²) in [6.07, 6.45) is 1.60. The standard InChI is InChI=1S/C27H34N2O2.C2HF3O2/c1-31-23-10-8-21(9-11-23)19-29-14-12-27(13-15-29)17-22(24-4-2-3-5-25(24)27)16-26(30)28-18-20-6-7-20;3-2(4,5)1(6)7/h2-5,8-11,20,22H,6-7,12-19H2,1H3,(H,28,30);(H,6,7). The van der Waals surface area contributed by atoms with Gasteiger partial charge in [0.2, 0.25) is 5.91 Å². The van der Waals surface area contributed by atoms with Gasteiger partial charge in [-0.2, -0.15) is 13.2 Å². The number of alkyl halides is 3. The van der Waals surface area contributed by atoms with Crippen LogP contribution in [0.15, 0.2) is 48.5 Å². The van der Waals surface area contributed by atoms with E-state index in [0.717, 1.165) is 44.3 Å². The number of rotatable bonds is 7. The summed E-state index contributed by atoms with van der Waals surface area (Å²) in [4.78, 5) is 24.1. The number of carboxylic acid groups (broad SMARTS) is 1. The van der Waals surface area contributed by atoms with Gasteiger partial charge < -0.3 is 15.2 Å². The fourth-order valence-electron chi connectivity index (χ4n) is 5.69. The molecule has 5 rings (SSSR count). The summed E-state index contributed by atoms with van der Waals surface area (Å²) in [5.74, 6) is -0.506. The molecular weight excluding hydrogens is 497 g/mol. The molecule has 2 aromatic carbocycles. The molecule has 206 valence electrons. The van der Waals surface area contributed by atoms with Crippen LogP contribution in [0.1, 0.15) is 61.1 Å².